The highest BCUT2D eigenvalue weighted by molar-refractivity contribution is 6.39. The summed E-state index contributed by atoms with van der Waals surface area (Å²) in [5.74, 6) is -1.82. The van der Waals surface area contributed by atoms with E-state index in [1.165, 1.54) is 24.3 Å². The van der Waals surface area contributed by atoms with Gasteiger partial charge in [-0.3, -0.25) is 19.7 Å². The van der Waals surface area contributed by atoms with E-state index in [9.17, 15) is 19.7 Å². The number of carbonyl (C=O) groups is 2. The molecule has 118 valence electrons. The highest BCUT2D eigenvalue weighted by Gasteiger charge is 2.20. The summed E-state index contributed by atoms with van der Waals surface area (Å²) in [5.41, 5.74) is 0.550. The number of amides is 2. The predicted molar refractivity (Wildman–Crippen MR) is 84.7 cm³/mol. The van der Waals surface area contributed by atoms with Crippen molar-refractivity contribution in [1.82, 2.24) is 5.32 Å². The van der Waals surface area contributed by atoms with Gasteiger partial charge < -0.3 is 10.6 Å². The standard InChI is InChI=1S/C16H15N3O4/c1-11(12-7-3-2-4-8-12)17-15(20)16(21)18-13-9-5-6-10-14(13)19(22)23/h2-11H,1H3,(H,17,20)(H,18,21). The number of hydrogen-bond donors (Lipinski definition) is 2. The molecule has 23 heavy (non-hydrogen) atoms. The predicted octanol–water partition coefficient (Wildman–Crippen LogP) is 2.41. The second-order valence-corrected chi connectivity index (χ2v) is 4.83. The number of benzene rings is 2. The molecule has 2 rings (SSSR count). The van der Waals surface area contributed by atoms with Crippen molar-refractivity contribution in [3.63, 3.8) is 0 Å². The SMILES string of the molecule is CC(NC(=O)C(=O)Nc1ccccc1[N+](=O)[O-])c1ccccc1. The van der Waals surface area contributed by atoms with Gasteiger partial charge in [-0.05, 0) is 18.6 Å². The number of hydrogen-bond acceptors (Lipinski definition) is 4. The normalized spacial score (nSPS) is 11.3. The fourth-order valence-electron chi connectivity index (χ4n) is 2.00. The van der Waals surface area contributed by atoms with Crippen LogP contribution in [0.2, 0.25) is 0 Å². The van der Waals surface area contributed by atoms with E-state index in [1.807, 2.05) is 30.3 Å². The molecule has 0 aromatic heterocycles. The molecule has 0 aliphatic heterocycles. The number of para-hydroxylation sites is 2. The Labute approximate surface area is 132 Å². The smallest absolute Gasteiger partial charge is 0.313 e. The quantitative estimate of drug-likeness (QED) is 0.514. The minimum Gasteiger partial charge on any atom is -0.341 e. The number of nitro benzene ring substituents is 1. The Morgan fingerprint density at radius 1 is 1.00 bits per heavy atom. The summed E-state index contributed by atoms with van der Waals surface area (Å²) in [5, 5.41) is 15.7. The van der Waals surface area contributed by atoms with Crippen LogP contribution >= 0.6 is 0 Å². The molecular weight excluding hydrogens is 298 g/mol. The number of nitro groups is 1. The highest BCUT2D eigenvalue weighted by Crippen LogP contribution is 2.23. The van der Waals surface area contributed by atoms with Crippen LogP contribution in [0.5, 0.6) is 0 Å². The molecule has 2 amide bonds. The van der Waals surface area contributed by atoms with Gasteiger partial charge in [0.2, 0.25) is 0 Å². The molecule has 0 fully saturated rings. The molecule has 0 heterocycles. The molecule has 2 aromatic carbocycles. The molecule has 1 atom stereocenters. The molecule has 0 aliphatic carbocycles. The maximum atomic E-state index is 11.9. The van der Waals surface area contributed by atoms with Crippen LogP contribution in [-0.2, 0) is 9.59 Å². The molecule has 0 bridgehead atoms. The van der Waals surface area contributed by atoms with Gasteiger partial charge in [0.1, 0.15) is 5.69 Å². The molecule has 0 saturated carbocycles. The summed E-state index contributed by atoms with van der Waals surface area (Å²) in [4.78, 5) is 34.1. The fraction of sp³-hybridized carbons (Fsp3) is 0.125. The third-order valence-electron chi connectivity index (χ3n) is 3.20. The van der Waals surface area contributed by atoms with Crippen LogP contribution in [0, 0.1) is 10.1 Å². The molecule has 0 radical (unpaired) electrons. The molecule has 0 spiro atoms. The van der Waals surface area contributed by atoms with Gasteiger partial charge in [-0.15, -0.1) is 0 Å². The van der Waals surface area contributed by atoms with Crippen LogP contribution in [0.3, 0.4) is 0 Å². The number of anilines is 1. The highest BCUT2D eigenvalue weighted by atomic mass is 16.6. The van der Waals surface area contributed by atoms with E-state index in [2.05, 4.69) is 10.6 Å². The van der Waals surface area contributed by atoms with Crippen molar-refractivity contribution >= 4 is 23.2 Å². The van der Waals surface area contributed by atoms with Crippen molar-refractivity contribution in [3.8, 4) is 0 Å². The van der Waals surface area contributed by atoms with Crippen LogP contribution in [0.1, 0.15) is 18.5 Å². The maximum Gasteiger partial charge on any atom is 0.313 e. The van der Waals surface area contributed by atoms with Gasteiger partial charge in [0.15, 0.2) is 0 Å². The molecule has 1 unspecified atom stereocenters. The van der Waals surface area contributed by atoms with E-state index in [4.69, 9.17) is 0 Å². The van der Waals surface area contributed by atoms with Crippen molar-refractivity contribution < 1.29 is 14.5 Å². The lowest BCUT2D eigenvalue weighted by atomic mass is 10.1. The molecule has 0 aliphatic rings. The van der Waals surface area contributed by atoms with E-state index >= 15 is 0 Å². The second-order valence-electron chi connectivity index (χ2n) is 4.83. The molecular formula is C16H15N3O4. The number of carbonyl (C=O) groups excluding carboxylic acids is 2. The fourth-order valence-corrected chi connectivity index (χ4v) is 2.00. The largest absolute Gasteiger partial charge is 0.341 e. The summed E-state index contributed by atoms with van der Waals surface area (Å²) in [7, 11) is 0. The van der Waals surface area contributed by atoms with Crippen LogP contribution < -0.4 is 10.6 Å². The lowest BCUT2D eigenvalue weighted by Gasteiger charge is -2.14. The topological polar surface area (TPSA) is 101 Å². The Balaban J connectivity index is 2.04. The average Bonchev–Trinajstić information content (AvgIpc) is 2.55. The van der Waals surface area contributed by atoms with Crippen LogP contribution in [0.15, 0.2) is 54.6 Å². The zero-order valence-corrected chi connectivity index (χ0v) is 12.4. The zero-order chi connectivity index (χ0) is 16.8. The van der Waals surface area contributed by atoms with E-state index in [1.54, 1.807) is 6.92 Å². The molecule has 7 nitrogen and oxygen atoms in total. The first kappa shape index (κ1) is 16.2. The summed E-state index contributed by atoms with van der Waals surface area (Å²) in [6.07, 6.45) is 0. The molecule has 7 heteroatoms. The Bertz CT molecular complexity index is 731. The average molecular weight is 313 g/mol. The number of rotatable bonds is 4. The van der Waals surface area contributed by atoms with Gasteiger partial charge in [-0.1, -0.05) is 42.5 Å². The Hall–Kier alpha value is -3.22. The Morgan fingerprint density at radius 2 is 1.61 bits per heavy atom. The zero-order valence-electron chi connectivity index (χ0n) is 12.4. The third-order valence-corrected chi connectivity index (χ3v) is 3.20. The van der Waals surface area contributed by atoms with E-state index < -0.39 is 16.7 Å². The lowest BCUT2D eigenvalue weighted by molar-refractivity contribution is -0.383. The van der Waals surface area contributed by atoms with Crippen LogP contribution in [0.25, 0.3) is 0 Å². The first-order valence-electron chi connectivity index (χ1n) is 6.89. The van der Waals surface area contributed by atoms with Gasteiger partial charge in [0.05, 0.1) is 11.0 Å². The van der Waals surface area contributed by atoms with Crippen molar-refractivity contribution in [1.29, 1.82) is 0 Å². The van der Waals surface area contributed by atoms with E-state index in [-0.39, 0.29) is 17.4 Å². The van der Waals surface area contributed by atoms with Gasteiger partial charge in [-0.2, -0.15) is 0 Å². The second kappa shape index (κ2) is 7.17. The van der Waals surface area contributed by atoms with E-state index in [0.29, 0.717) is 0 Å². The first-order valence-corrected chi connectivity index (χ1v) is 6.89. The van der Waals surface area contributed by atoms with Gasteiger partial charge in [-0.25, -0.2) is 0 Å². The summed E-state index contributed by atoms with van der Waals surface area (Å²) in [6, 6.07) is 14.4. The van der Waals surface area contributed by atoms with Crippen LogP contribution in [-0.4, -0.2) is 16.7 Å². The monoisotopic (exact) mass is 313 g/mol. The molecule has 2 N–H and O–H groups in total. The minimum atomic E-state index is -0.956. The van der Waals surface area contributed by atoms with Crippen molar-refractivity contribution in [3.05, 3.63) is 70.3 Å². The summed E-state index contributed by atoms with van der Waals surface area (Å²) in [6.45, 7) is 1.74. The van der Waals surface area contributed by atoms with Gasteiger partial charge >= 0.3 is 11.8 Å². The summed E-state index contributed by atoms with van der Waals surface area (Å²) < 4.78 is 0. The maximum absolute atomic E-state index is 11.9. The lowest BCUT2D eigenvalue weighted by Crippen LogP contribution is -2.37. The molecule has 0 saturated heterocycles. The Morgan fingerprint density at radius 3 is 2.26 bits per heavy atom. The number of nitrogens with zero attached hydrogens (tertiary/aromatic N) is 1. The first-order chi connectivity index (χ1) is 11.0. The van der Waals surface area contributed by atoms with Crippen molar-refractivity contribution in [2.45, 2.75) is 13.0 Å². The van der Waals surface area contributed by atoms with Crippen LogP contribution in [0.4, 0.5) is 11.4 Å². The molecule has 2 aromatic rings. The van der Waals surface area contributed by atoms with Crippen molar-refractivity contribution in [2.75, 3.05) is 5.32 Å². The van der Waals surface area contributed by atoms with Gasteiger partial charge in [0.25, 0.3) is 5.69 Å². The third kappa shape index (κ3) is 4.13. The minimum absolute atomic E-state index is 0.0231. The van der Waals surface area contributed by atoms with Gasteiger partial charge in [0, 0.05) is 6.07 Å². The van der Waals surface area contributed by atoms with E-state index in [0.717, 1.165) is 5.56 Å². The number of nitrogens with one attached hydrogen (secondary N) is 2. The Kier molecular flexibility index (Phi) is 5.03. The summed E-state index contributed by atoms with van der Waals surface area (Å²) >= 11 is 0. The van der Waals surface area contributed by atoms with Crippen molar-refractivity contribution in [2.24, 2.45) is 0 Å².